The van der Waals surface area contributed by atoms with Gasteiger partial charge in [0.05, 0.1) is 20.0 Å². The molecule has 0 atom stereocenters. The van der Waals surface area contributed by atoms with E-state index in [1.54, 1.807) is 45.4 Å². The fourth-order valence-electron chi connectivity index (χ4n) is 2.57. The van der Waals surface area contributed by atoms with Crippen molar-refractivity contribution in [2.75, 3.05) is 31.2 Å². The number of ether oxygens (including phenoxy) is 2. The van der Waals surface area contributed by atoms with E-state index in [1.807, 2.05) is 18.2 Å². The molecule has 152 valence electrons. The van der Waals surface area contributed by atoms with E-state index in [4.69, 9.17) is 9.47 Å². The van der Waals surface area contributed by atoms with Crippen LogP contribution in [0.5, 0.6) is 11.5 Å². The topological polar surface area (TPSA) is 93.7 Å². The average Bonchev–Trinajstić information content (AvgIpc) is 2.71. The van der Waals surface area contributed by atoms with Crippen molar-refractivity contribution in [2.24, 2.45) is 0 Å². The first kappa shape index (κ1) is 21.6. The molecule has 0 aliphatic heterocycles. The second-order valence-corrected chi connectivity index (χ2v) is 8.14. The predicted molar refractivity (Wildman–Crippen MR) is 110 cm³/mol. The van der Waals surface area contributed by atoms with Gasteiger partial charge in [0.15, 0.2) is 11.5 Å². The molecule has 8 heteroatoms. The first-order chi connectivity index (χ1) is 13.4. The Balaban J connectivity index is 1.82. The first-order valence-electron chi connectivity index (χ1n) is 8.98. The Hall–Kier alpha value is -2.74. The Kier molecular flexibility index (Phi) is 7.69. The SMILES string of the molecule is CCS(=O)(=O)Nc1ccc(C(=O)NCCCc2ccc(OC)c(OC)c2)cc1. The molecular formula is C20H26N2O5S. The number of benzene rings is 2. The van der Waals surface area contributed by atoms with Gasteiger partial charge in [-0.15, -0.1) is 0 Å². The molecule has 0 saturated carbocycles. The zero-order chi connectivity index (χ0) is 20.6. The van der Waals surface area contributed by atoms with E-state index >= 15 is 0 Å². The number of sulfonamides is 1. The van der Waals surface area contributed by atoms with Crippen molar-refractivity contribution in [3.63, 3.8) is 0 Å². The molecule has 2 rings (SSSR count). The Morgan fingerprint density at radius 2 is 1.68 bits per heavy atom. The molecule has 7 nitrogen and oxygen atoms in total. The standard InChI is InChI=1S/C20H26N2O5S/c1-4-28(24,25)22-17-10-8-16(9-11-17)20(23)21-13-5-6-15-7-12-18(26-2)19(14-15)27-3/h7-12,14,22H,4-6,13H2,1-3H3,(H,21,23). The Morgan fingerprint density at radius 3 is 2.29 bits per heavy atom. The Bertz CT molecular complexity index is 895. The van der Waals surface area contributed by atoms with Gasteiger partial charge in [0, 0.05) is 17.8 Å². The van der Waals surface area contributed by atoms with Gasteiger partial charge in [-0.1, -0.05) is 6.07 Å². The Labute approximate surface area is 166 Å². The normalized spacial score (nSPS) is 11.0. The van der Waals surface area contributed by atoms with E-state index in [-0.39, 0.29) is 11.7 Å². The van der Waals surface area contributed by atoms with E-state index in [0.717, 1.165) is 18.4 Å². The maximum atomic E-state index is 12.2. The third-order valence-electron chi connectivity index (χ3n) is 4.18. The number of methoxy groups -OCH3 is 2. The number of nitrogens with one attached hydrogen (secondary N) is 2. The van der Waals surface area contributed by atoms with Crippen LogP contribution < -0.4 is 19.5 Å². The van der Waals surface area contributed by atoms with Crippen LogP contribution in [-0.4, -0.2) is 40.8 Å². The maximum Gasteiger partial charge on any atom is 0.251 e. The quantitative estimate of drug-likeness (QED) is 0.592. The summed E-state index contributed by atoms with van der Waals surface area (Å²) in [6, 6.07) is 12.1. The predicted octanol–water partition coefficient (Wildman–Crippen LogP) is 2.83. The van der Waals surface area contributed by atoms with Crippen LogP contribution in [0.2, 0.25) is 0 Å². The summed E-state index contributed by atoms with van der Waals surface area (Å²) in [5.41, 5.74) is 2.01. The highest BCUT2D eigenvalue weighted by Gasteiger charge is 2.09. The lowest BCUT2D eigenvalue weighted by Crippen LogP contribution is -2.24. The van der Waals surface area contributed by atoms with Gasteiger partial charge in [0.25, 0.3) is 5.91 Å². The minimum absolute atomic E-state index is 0.00466. The number of carbonyl (C=O) groups excluding carboxylic acids is 1. The highest BCUT2D eigenvalue weighted by Crippen LogP contribution is 2.27. The summed E-state index contributed by atoms with van der Waals surface area (Å²) >= 11 is 0. The summed E-state index contributed by atoms with van der Waals surface area (Å²) in [7, 11) is -0.133. The minimum atomic E-state index is -3.33. The lowest BCUT2D eigenvalue weighted by molar-refractivity contribution is 0.0953. The van der Waals surface area contributed by atoms with Crippen LogP contribution in [0.3, 0.4) is 0 Å². The summed E-state index contributed by atoms with van der Waals surface area (Å²) in [6.45, 7) is 2.09. The van der Waals surface area contributed by atoms with Crippen molar-refractivity contribution < 1.29 is 22.7 Å². The van der Waals surface area contributed by atoms with Gasteiger partial charge in [-0.2, -0.15) is 0 Å². The molecule has 0 bridgehead atoms. The molecule has 2 N–H and O–H groups in total. The van der Waals surface area contributed by atoms with Crippen molar-refractivity contribution >= 4 is 21.6 Å². The summed E-state index contributed by atoms with van der Waals surface area (Å²) in [4.78, 5) is 12.2. The summed E-state index contributed by atoms with van der Waals surface area (Å²) < 4.78 is 36.1. The van der Waals surface area contributed by atoms with Crippen molar-refractivity contribution in [2.45, 2.75) is 19.8 Å². The van der Waals surface area contributed by atoms with E-state index in [1.165, 1.54) is 0 Å². The van der Waals surface area contributed by atoms with Gasteiger partial charge < -0.3 is 14.8 Å². The summed E-state index contributed by atoms with van der Waals surface area (Å²) in [5, 5.41) is 2.87. The van der Waals surface area contributed by atoms with Crippen LogP contribution in [-0.2, 0) is 16.4 Å². The summed E-state index contributed by atoms with van der Waals surface area (Å²) in [5.74, 6) is 1.17. The van der Waals surface area contributed by atoms with Gasteiger partial charge in [0.2, 0.25) is 10.0 Å². The molecule has 0 radical (unpaired) electrons. The number of aryl methyl sites for hydroxylation is 1. The maximum absolute atomic E-state index is 12.2. The van der Waals surface area contributed by atoms with Gasteiger partial charge in [-0.05, 0) is 61.7 Å². The zero-order valence-corrected chi connectivity index (χ0v) is 17.1. The largest absolute Gasteiger partial charge is 0.493 e. The molecule has 0 heterocycles. The second kappa shape index (κ2) is 9.98. The molecule has 0 aliphatic carbocycles. The van der Waals surface area contributed by atoms with Crippen LogP contribution in [0.25, 0.3) is 0 Å². The van der Waals surface area contributed by atoms with Crippen LogP contribution in [0, 0.1) is 0 Å². The van der Waals surface area contributed by atoms with Gasteiger partial charge in [-0.25, -0.2) is 8.42 Å². The third-order valence-corrected chi connectivity index (χ3v) is 5.48. The number of rotatable bonds is 10. The van der Waals surface area contributed by atoms with Crippen molar-refractivity contribution in [1.29, 1.82) is 0 Å². The number of anilines is 1. The van der Waals surface area contributed by atoms with Crippen LogP contribution in [0.4, 0.5) is 5.69 Å². The van der Waals surface area contributed by atoms with Crippen LogP contribution >= 0.6 is 0 Å². The fraction of sp³-hybridized carbons (Fsp3) is 0.350. The number of hydrogen-bond acceptors (Lipinski definition) is 5. The zero-order valence-electron chi connectivity index (χ0n) is 16.3. The smallest absolute Gasteiger partial charge is 0.251 e. The summed E-state index contributed by atoms with van der Waals surface area (Å²) in [6.07, 6.45) is 1.56. The molecule has 2 aromatic carbocycles. The number of amides is 1. The van der Waals surface area contributed by atoms with Crippen molar-refractivity contribution in [3.8, 4) is 11.5 Å². The average molecular weight is 407 g/mol. The van der Waals surface area contributed by atoms with Gasteiger partial charge >= 0.3 is 0 Å². The van der Waals surface area contributed by atoms with Crippen LogP contribution in [0.1, 0.15) is 29.3 Å². The van der Waals surface area contributed by atoms with Crippen molar-refractivity contribution in [1.82, 2.24) is 5.32 Å². The van der Waals surface area contributed by atoms with E-state index in [0.29, 0.717) is 29.3 Å². The molecule has 1 amide bonds. The lowest BCUT2D eigenvalue weighted by atomic mass is 10.1. The molecule has 0 aromatic heterocycles. The highest BCUT2D eigenvalue weighted by atomic mass is 32.2. The Morgan fingerprint density at radius 1 is 1.00 bits per heavy atom. The van der Waals surface area contributed by atoms with Crippen molar-refractivity contribution in [3.05, 3.63) is 53.6 Å². The van der Waals surface area contributed by atoms with Gasteiger partial charge in [0.1, 0.15) is 0 Å². The molecule has 0 spiro atoms. The number of hydrogen-bond donors (Lipinski definition) is 2. The molecule has 0 fully saturated rings. The molecule has 28 heavy (non-hydrogen) atoms. The first-order valence-corrected chi connectivity index (χ1v) is 10.6. The van der Waals surface area contributed by atoms with Crippen LogP contribution in [0.15, 0.2) is 42.5 Å². The number of carbonyl (C=O) groups is 1. The molecule has 0 aliphatic rings. The van der Waals surface area contributed by atoms with Gasteiger partial charge in [-0.3, -0.25) is 9.52 Å². The lowest BCUT2D eigenvalue weighted by Gasteiger charge is -2.10. The molecule has 2 aromatic rings. The molecule has 0 unspecified atom stereocenters. The van der Waals surface area contributed by atoms with E-state index in [2.05, 4.69) is 10.0 Å². The molecule has 0 saturated heterocycles. The van der Waals surface area contributed by atoms with E-state index in [9.17, 15) is 13.2 Å². The molecular weight excluding hydrogens is 380 g/mol. The third kappa shape index (κ3) is 6.16. The highest BCUT2D eigenvalue weighted by molar-refractivity contribution is 7.92. The minimum Gasteiger partial charge on any atom is -0.493 e. The second-order valence-electron chi connectivity index (χ2n) is 6.13. The van der Waals surface area contributed by atoms with E-state index < -0.39 is 10.0 Å². The fourth-order valence-corrected chi connectivity index (χ4v) is 3.21. The monoisotopic (exact) mass is 406 g/mol.